The normalized spacial score (nSPS) is 18.4. The van der Waals surface area contributed by atoms with Crippen LogP contribution >= 0.6 is 0 Å². The molecule has 5 N–H and O–H groups in total. The van der Waals surface area contributed by atoms with Crippen molar-refractivity contribution in [2.75, 3.05) is 24.8 Å². The van der Waals surface area contributed by atoms with Crippen LogP contribution in [0.4, 0.5) is 10.2 Å². The van der Waals surface area contributed by atoms with Crippen molar-refractivity contribution < 1.29 is 29.2 Å². The first-order valence-corrected chi connectivity index (χ1v) is 14.7. The van der Waals surface area contributed by atoms with Crippen molar-refractivity contribution in [3.8, 4) is 28.4 Å². The molecular formula is C31H31FN8O5. The quantitative estimate of drug-likeness (QED) is 0.191. The first kappa shape index (κ1) is 28.8. The van der Waals surface area contributed by atoms with Gasteiger partial charge in [0.1, 0.15) is 23.9 Å². The number of benzene rings is 2. The van der Waals surface area contributed by atoms with Gasteiger partial charge in [0.05, 0.1) is 48.5 Å². The summed E-state index contributed by atoms with van der Waals surface area (Å²) >= 11 is 0. The lowest BCUT2D eigenvalue weighted by Crippen LogP contribution is -2.48. The molecule has 2 unspecified atom stereocenters. The summed E-state index contributed by atoms with van der Waals surface area (Å²) in [7, 11) is 0. The van der Waals surface area contributed by atoms with Gasteiger partial charge in [-0.2, -0.15) is 5.10 Å². The number of carbonyl (C=O) groups excluding carboxylic acids is 1. The number of amides is 1. The number of nitrogens with zero attached hydrogens (tertiary/aromatic N) is 6. The zero-order chi connectivity index (χ0) is 31.2. The molecule has 3 aromatic heterocycles. The fraction of sp³-hybridized carbons (Fsp3) is 0.323. The van der Waals surface area contributed by atoms with E-state index >= 15 is 0 Å². The summed E-state index contributed by atoms with van der Waals surface area (Å²) in [6, 6.07) is 8.15. The SMILES string of the molecule is CCc1cc(O)c(F)cc1-c1ccc2c(-c3nc4c([nH]3)CN(C(=O)c3cnc(N5COC(O)CC5CO)cn3)CC4)n[nH]c2c1. The summed E-state index contributed by atoms with van der Waals surface area (Å²) in [6.07, 6.45) is 3.35. The number of hydrogen-bond acceptors (Lipinski definition) is 10. The topological polar surface area (TPSA) is 177 Å². The van der Waals surface area contributed by atoms with Gasteiger partial charge in [-0.25, -0.2) is 19.3 Å². The van der Waals surface area contributed by atoms with Crippen molar-refractivity contribution in [1.29, 1.82) is 0 Å². The number of nitrogens with one attached hydrogen (secondary N) is 2. The van der Waals surface area contributed by atoms with Gasteiger partial charge in [-0.15, -0.1) is 0 Å². The number of anilines is 1. The van der Waals surface area contributed by atoms with Crippen molar-refractivity contribution in [2.45, 2.75) is 45.1 Å². The predicted molar refractivity (Wildman–Crippen MR) is 161 cm³/mol. The van der Waals surface area contributed by atoms with Gasteiger partial charge in [0, 0.05) is 24.8 Å². The van der Waals surface area contributed by atoms with Crippen LogP contribution in [0, 0.1) is 5.82 Å². The van der Waals surface area contributed by atoms with Crippen molar-refractivity contribution in [1.82, 2.24) is 35.0 Å². The highest BCUT2D eigenvalue weighted by molar-refractivity contribution is 5.94. The Morgan fingerprint density at radius 1 is 1.20 bits per heavy atom. The summed E-state index contributed by atoms with van der Waals surface area (Å²) in [5.74, 6) is -0.285. The van der Waals surface area contributed by atoms with Crippen molar-refractivity contribution in [2.24, 2.45) is 0 Å². The summed E-state index contributed by atoms with van der Waals surface area (Å²) in [5.41, 5.74) is 5.58. The molecule has 1 fully saturated rings. The molecule has 0 spiro atoms. The number of hydrogen-bond donors (Lipinski definition) is 5. The average molecular weight is 615 g/mol. The van der Waals surface area contributed by atoms with Crippen LogP contribution in [-0.2, 0) is 24.1 Å². The largest absolute Gasteiger partial charge is 0.505 e. The molecular weight excluding hydrogens is 583 g/mol. The van der Waals surface area contributed by atoms with E-state index in [1.807, 2.05) is 25.1 Å². The number of halogens is 1. The van der Waals surface area contributed by atoms with E-state index in [0.29, 0.717) is 48.8 Å². The van der Waals surface area contributed by atoms with Gasteiger partial charge in [0.25, 0.3) is 5.91 Å². The third-order valence-corrected chi connectivity index (χ3v) is 8.45. The maximum Gasteiger partial charge on any atom is 0.274 e. The molecule has 14 heteroatoms. The first-order chi connectivity index (χ1) is 21.8. The van der Waals surface area contributed by atoms with Crippen LogP contribution in [0.2, 0.25) is 0 Å². The zero-order valence-corrected chi connectivity index (χ0v) is 24.4. The van der Waals surface area contributed by atoms with Gasteiger partial charge >= 0.3 is 0 Å². The average Bonchev–Trinajstić information content (AvgIpc) is 3.69. The smallest absolute Gasteiger partial charge is 0.274 e. The van der Waals surface area contributed by atoms with Gasteiger partial charge in [-0.05, 0) is 47.4 Å². The molecule has 2 aliphatic rings. The molecule has 5 aromatic rings. The van der Waals surface area contributed by atoms with E-state index in [1.165, 1.54) is 24.5 Å². The molecule has 13 nitrogen and oxygen atoms in total. The second-order valence-corrected chi connectivity index (χ2v) is 11.2. The molecule has 5 heterocycles. The second-order valence-electron chi connectivity index (χ2n) is 11.2. The molecule has 45 heavy (non-hydrogen) atoms. The summed E-state index contributed by atoms with van der Waals surface area (Å²) in [6.45, 7) is 2.59. The second kappa shape index (κ2) is 11.5. The molecule has 1 saturated heterocycles. The maximum absolute atomic E-state index is 14.2. The van der Waals surface area contributed by atoms with Gasteiger partial charge in [-0.3, -0.25) is 9.89 Å². The molecule has 0 aliphatic carbocycles. The Bertz CT molecular complexity index is 1890. The summed E-state index contributed by atoms with van der Waals surface area (Å²) in [5, 5.41) is 37.6. The maximum atomic E-state index is 14.2. The minimum absolute atomic E-state index is 0.0516. The lowest BCUT2D eigenvalue weighted by Gasteiger charge is -2.37. The van der Waals surface area contributed by atoms with E-state index in [4.69, 9.17) is 9.72 Å². The van der Waals surface area contributed by atoms with Crippen LogP contribution in [0.1, 0.15) is 40.8 Å². The van der Waals surface area contributed by atoms with E-state index < -0.39 is 12.1 Å². The summed E-state index contributed by atoms with van der Waals surface area (Å²) in [4.78, 5) is 33.5. The zero-order valence-electron chi connectivity index (χ0n) is 24.4. The number of aromatic nitrogens is 6. The van der Waals surface area contributed by atoms with Crippen LogP contribution < -0.4 is 4.90 Å². The number of H-pyrrole nitrogens is 2. The molecule has 1 amide bonds. The Balaban J connectivity index is 1.08. The highest BCUT2D eigenvalue weighted by Crippen LogP contribution is 2.34. The van der Waals surface area contributed by atoms with E-state index in [2.05, 4.69) is 25.1 Å². The van der Waals surface area contributed by atoms with Crippen molar-refractivity contribution in [3.05, 3.63) is 71.2 Å². The van der Waals surface area contributed by atoms with Crippen LogP contribution in [0.15, 0.2) is 42.7 Å². The number of imidazole rings is 1. The number of aromatic amines is 2. The number of carbonyl (C=O) groups is 1. The van der Waals surface area contributed by atoms with Crippen LogP contribution in [0.3, 0.4) is 0 Å². The Kier molecular flexibility index (Phi) is 7.39. The Hall–Kier alpha value is -4.92. The van der Waals surface area contributed by atoms with E-state index in [1.54, 1.807) is 9.80 Å². The molecule has 0 bridgehead atoms. The van der Waals surface area contributed by atoms with E-state index in [0.717, 1.165) is 33.4 Å². The first-order valence-electron chi connectivity index (χ1n) is 14.7. The van der Waals surface area contributed by atoms with Gasteiger partial charge in [0.15, 0.2) is 23.7 Å². The number of aromatic hydroxyl groups is 1. The van der Waals surface area contributed by atoms with Gasteiger partial charge in [0.2, 0.25) is 0 Å². The Morgan fingerprint density at radius 3 is 2.84 bits per heavy atom. The third kappa shape index (κ3) is 5.26. The third-order valence-electron chi connectivity index (χ3n) is 8.45. The number of ether oxygens (including phenoxy) is 1. The molecule has 2 aromatic carbocycles. The van der Waals surface area contributed by atoms with Gasteiger partial charge in [-0.1, -0.05) is 13.0 Å². The number of aliphatic hydroxyl groups excluding tert-OH is 2. The minimum atomic E-state index is -0.948. The lowest BCUT2D eigenvalue weighted by atomic mass is 9.96. The van der Waals surface area contributed by atoms with Gasteiger partial charge < -0.3 is 34.8 Å². The summed E-state index contributed by atoms with van der Waals surface area (Å²) < 4.78 is 19.5. The number of phenolic OH excluding ortho intramolecular Hbond substituents is 1. The number of aliphatic hydroxyl groups is 2. The highest BCUT2D eigenvalue weighted by atomic mass is 19.1. The Labute approximate surface area is 256 Å². The van der Waals surface area contributed by atoms with Crippen LogP contribution in [0.25, 0.3) is 33.5 Å². The lowest BCUT2D eigenvalue weighted by molar-refractivity contribution is -0.130. The fourth-order valence-corrected chi connectivity index (χ4v) is 5.98. The van der Waals surface area contributed by atoms with Crippen molar-refractivity contribution in [3.63, 3.8) is 0 Å². The predicted octanol–water partition coefficient (Wildman–Crippen LogP) is 2.88. The standard InChI is InChI=1S/C31H31FN8O5/c1-2-16-8-26(42)21(32)10-20(16)17-3-4-19-23(7-17)37-38-29(19)30-35-22-5-6-39(13-25(22)36-30)31(44)24-11-34-27(12-33-24)40-15-45-28(43)9-18(40)14-41/h3-4,7-8,10-12,18,28,41-43H,2,5-6,9,13-15H2,1H3,(H,35,36)(H,37,38). The molecule has 232 valence electrons. The number of phenols is 1. The fourth-order valence-electron chi connectivity index (χ4n) is 5.98. The molecule has 2 atom stereocenters. The van der Waals surface area contributed by atoms with Crippen LogP contribution in [-0.4, -0.2) is 88.5 Å². The monoisotopic (exact) mass is 614 g/mol. The van der Waals surface area contributed by atoms with E-state index in [-0.39, 0.29) is 43.2 Å². The molecule has 2 aliphatic heterocycles. The Morgan fingerprint density at radius 2 is 2.07 bits per heavy atom. The van der Waals surface area contributed by atoms with E-state index in [9.17, 15) is 24.5 Å². The number of rotatable bonds is 6. The number of aryl methyl sites for hydroxylation is 1. The molecule has 0 radical (unpaired) electrons. The molecule has 0 saturated carbocycles. The van der Waals surface area contributed by atoms with Crippen molar-refractivity contribution >= 4 is 22.6 Å². The minimum Gasteiger partial charge on any atom is -0.505 e. The highest BCUT2D eigenvalue weighted by Gasteiger charge is 2.30. The van der Waals surface area contributed by atoms with Crippen LogP contribution in [0.5, 0.6) is 5.75 Å². The number of fused-ring (bicyclic) bond motifs is 2. The molecule has 7 rings (SSSR count).